The molecule has 0 bridgehead atoms. The quantitative estimate of drug-likeness (QED) is 0.581. The summed E-state index contributed by atoms with van der Waals surface area (Å²) in [4.78, 5) is 2.63. The molecule has 1 atom stereocenters. The summed E-state index contributed by atoms with van der Waals surface area (Å²) in [5, 5.41) is 3.65. The molecule has 0 aromatic heterocycles. The minimum atomic E-state index is 0.550. The smallest absolute Gasteiger partial charge is 0.0630 e. The monoisotopic (exact) mass is 256 g/mol. The molecule has 1 aliphatic carbocycles. The molecule has 1 rings (SSSR count). The average molecular weight is 256 g/mol. The lowest BCUT2D eigenvalue weighted by atomic mass is 10.2. The third kappa shape index (κ3) is 6.72. The molecule has 1 N–H and O–H groups in total. The molecule has 1 aliphatic rings. The molecule has 0 saturated heterocycles. The fourth-order valence-corrected chi connectivity index (χ4v) is 2.28. The van der Waals surface area contributed by atoms with Crippen LogP contribution in [-0.2, 0) is 4.74 Å². The van der Waals surface area contributed by atoms with Crippen LogP contribution < -0.4 is 5.32 Å². The number of nitrogens with zero attached hydrogens (tertiary/aromatic N) is 1. The summed E-state index contributed by atoms with van der Waals surface area (Å²) in [6.45, 7) is 8.92. The minimum absolute atomic E-state index is 0.550. The van der Waals surface area contributed by atoms with Crippen molar-refractivity contribution in [3.05, 3.63) is 0 Å². The molecule has 0 aliphatic heterocycles. The van der Waals surface area contributed by atoms with Gasteiger partial charge < -0.3 is 10.1 Å². The Labute approximate surface area is 113 Å². The van der Waals surface area contributed by atoms with Gasteiger partial charge in [0.25, 0.3) is 0 Å². The first-order chi connectivity index (χ1) is 8.81. The van der Waals surface area contributed by atoms with Crippen molar-refractivity contribution in [2.24, 2.45) is 0 Å². The predicted molar refractivity (Wildman–Crippen MR) is 78.1 cm³/mol. The van der Waals surface area contributed by atoms with E-state index in [4.69, 9.17) is 4.74 Å². The minimum Gasteiger partial charge on any atom is -0.383 e. The van der Waals surface area contributed by atoms with Crippen LogP contribution in [0.3, 0.4) is 0 Å². The molecule has 18 heavy (non-hydrogen) atoms. The maximum absolute atomic E-state index is 5.42. The largest absolute Gasteiger partial charge is 0.383 e. The van der Waals surface area contributed by atoms with Crippen LogP contribution in [0.15, 0.2) is 0 Å². The van der Waals surface area contributed by atoms with Gasteiger partial charge in [-0.1, -0.05) is 26.7 Å². The van der Waals surface area contributed by atoms with Gasteiger partial charge >= 0.3 is 0 Å². The van der Waals surface area contributed by atoms with Crippen LogP contribution in [0.25, 0.3) is 0 Å². The van der Waals surface area contributed by atoms with Gasteiger partial charge in [-0.15, -0.1) is 0 Å². The van der Waals surface area contributed by atoms with E-state index < -0.39 is 0 Å². The number of rotatable bonds is 12. The van der Waals surface area contributed by atoms with Gasteiger partial charge in [0.15, 0.2) is 0 Å². The number of hydrogen-bond donors (Lipinski definition) is 1. The van der Waals surface area contributed by atoms with Crippen molar-refractivity contribution in [3.63, 3.8) is 0 Å². The number of unbranched alkanes of at least 4 members (excludes halogenated alkanes) is 2. The van der Waals surface area contributed by atoms with Crippen molar-refractivity contribution < 1.29 is 4.74 Å². The van der Waals surface area contributed by atoms with Crippen molar-refractivity contribution in [2.45, 2.75) is 64.5 Å². The van der Waals surface area contributed by atoms with Crippen LogP contribution in [-0.4, -0.2) is 50.3 Å². The van der Waals surface area contributed by atoms with Gasteiger partial charge in [-0.3, -0.25) is 4.90 Å². The Kier molecular flexibility index (Phi) is 8.64. The SMILES string of the molecule is CCCCN(CCCC)C(CNC1CC1)COC. The summed E-state index contributed by atoms with van der Waals surface area (Å²) in [5.41, 5.74) is 0. The highest BCUT2D eigenvalue weighted by molar-refractivity contribution is 4.84. The fourth-order valence-electron chi connectivity index (χ4n) is 2.28. The average Bonchev–Trinajstić information content (AvgIpc) is 3.19. The molecule has 0 amide bonds. The number of nitrogens with one attached hydrogen (secondary N) is 1. The zero-order valence-electron chi connectivity index (χ0n) is 12.6. The Morgan fingerprint density at radius 3 is 2.22 bits per heavy atom. The van der Waals surface area contributed by atoms with E-state index in [0.29, 0.717) is 6.04 Å². The van der Waals surface area contributed by atoms with Gasteiger partial charge in [0.1, 0.15) is 0 Å². The van der Waals surface area contributed by atoms with Crippen molar-refractivity contribution in [1.82, 2.24) is 10.2 Å². The fraction of sp³-hybridized carbons (Fsp3) is 1.00. The maximum atomic E-state index is 5.42. The summed E-state index contributed by atoms with van der Waals surface area (Å²) < 4.78 is 5.42. The lowest BCUT2D eigenvalue weighted by molar-refractivity contribution is 0.0866. The summed E-state index contributed by atoms with van der Waals surface area (Å²) in [6, 6.07) is 1.34. The highest BCUT2D eigenvalue weighted by atomic mass is 16.5. The first kappa shape index (κ1) is 15.9. The van der Waals surface area contributed by atoms with E-state index in [1.807, 2.05) is 7.11 Å². The molecule has 1 unspecified atom stereocenters. The standard InChI is InChI=1S/C15H32N2O/c1-4-6-10-17(11-7-5-2)15(13-18-3)12-16-14-8-9-14/h14-16H,4-13H2,1-3H3. The number of ether oxygens (including phenoxy) is 1. The van der Waals surface area contributed by atoms with E-state index in [1.165, 1.54) is 51.6 Å². The molecular weight excluding hydrogens is 224 g/mol. The van der Waals surface area contributed by atoms with Crippen LogP contribution in [0.1, 0.15) is 52.4 Å². The van der Waals surface area contributed by atoms with Gasteiger partial charge in [-0.2, -0.15) is 0 Å². The summed E-state index contributed by atoms with van der Waals surface area (Å²) in [7, 11) is 1.82. The van der Waals surface area contributed by atoms with Crippen molar-refractivity contribution in [2.75, 3.05) is 33.4 Å². The van der Waals surface area contributed by atoms with E-state index in [9.17, 15) is 0 Å². The first-order valence-corrected chi connectivity index (χ1v) is 7.78. The first-order valence-electron chi connectivity index (χ1n) is 7.78. The highest BCUT2D eigenvalue weighted by Crippen LogP contribution is 2.19. The zero-order valence-corrected chi connectivity index (χ0v) is 12.6. The van der Waals surface area contributed by atoms with E-state index in [1.54, 1.807) is 0 Å². The Morgan fingerprint density at radius 2 is 1.78 bits per heavy atom. The Morgan fingerprint density at radius 1 is 1.17 bits per heavy atom. The van der Waals surface area contributed by atoms with E-state index in [0.717, 1.165) is 19.2 Å². The Balaban J connectivity index is 2.37. The Bertz CT molecular complexity index is 187. The topological polar surface area (TPSA) is 24.5 Å². The molecule has 108 valence electrons. The van der Waals surface area contributed by atoms with E-state index in [-0.39, 0.29) is 0 Å². The van der Waals surface area contributed by atoms with Crippen molar-refractivity contribution in [1.29, 1.82) is 0 Å². The Hall–Kier alpha value is -0.120. The van der Waals surface area contributed by atoms with Crippen molar-refractivity contribution in [3.8, 4) is 0 Å². The lowest BCUT2D eigenvalue weighted by Gasteiger charge is -2.31. The van der Waals surface area contributed by atoms with Gasteiger partial charge in [0.05, 0.1) is 6.61 Å². The molecule has 0 spiro atoms. The molecule has 1 fully saturated rings. The zero-order chi connectivity index (χ0) is 13.2. The summed E-state index contributed by atoms with van der Waals surface area (Å²) >= 11 is 0. The normalized spacial score (nSPS) is 17.3. The second-order valence-electron chi connectivity index (χ2n) is 5.53. The lowest BCUT2D eigenvalue weighted by Crippen LogP contribution is -2.46. The van der Waals surface area contributed by atoms with Gasteiger partial charge in [-0.05, 0) is 38.8 Å². The number of methoxy groups -OCH3 is 1. The third-order valence-electron chi connectivity index (χ3n) is 3.69. The molecular formula is C15H32N2O. The summed E-state index contributed by atoms with van der Waals surface area (Å²) in [5.74, 6) is 0. The molecule has 0 aromatic rings. The molecule has 0 radical (unpaired) electrons. The summed E-state index contributed by atoms with van der Waals surface area (Å²) in [6.07, 6.45) is 7.88. The number of hydrogen-bond acceptors (Lipinski definition) is 3. The van der Waals surface area contributed by atoms with Crippen LogP contribution >= 0.6 is 0 Å². The van der Waals surface area contributed by atoms with Crippen molar-refractivity contribution >= 4 is 0 Å². The van der Waals surface area contributed by atoms with Crippen LogP contribution in [0.4, 0.5) is 0 Å². The highest BCUT2D eigenvalue weighted by Gasteiger charge is 2.24. The maximum Gasteiger partial charge on any atom is 0.0630 e. The van der Waals surface area contributed by atoms with Crippen LogP contribution in [0.5, 0.6) is 0 Å². The van der Waals surface area contributed by atoms with Crippen LogP contribution in [0.2, 0.25) is 0 Å². The van der Waals surface area contributed by atoms with E-state index >= 15 is 0 Å². The second-order valence-corrected chi connectivity index (χ2v) is 5.53. The molecule has 3 nitrogen and oxygen atoms in total. The molecule has 0 heterocycles. The molecule has 3 heteroatoms. The van der Waals surface area contributed by atoms with Gasteiger partial charge in [0, 0.05) is 25.7 Å². The molecule has 1 saturated carbocycles. The molecule has 0 aromatic carbocycles. The predicted octanol–water partition coefficient (Wildman–Crippen LogP) is 2.66. The van der Waals surface area contributed by atoms with Gasteiger partial charge in [-0.25, -0.2) is 0 Å². The van der Waals surface area contributed by atoms with Crippen LogP contribution in [0, 0.1) is 0 Å². The van der Waals surface area contributed by atoms with Gasteiger partial charge in [0.2, 0.25) is 0 Å². The third-order valence-corrected chi connectivity index (χ3v) is 3.69. The van der Waals surface area contributed by atoms with E-state index in [2.05, 4.69) is 24.1 Å². The second kappa shape index (κ2) is 9.76.